The van der Waals surface area contributed by atoms with E-state index in [1.807, 2.05) is 30.0 Å². The Bertz CT molecular complexity index is 753. The van der Waals surface area contributed by atoms with Crippen LogP contribution in [0.15, 0.2) is 43.0 Å². The van der Waals surface area contributed by atoms with Gasteiger partial charge < -0.3 is 14.4 Å². The van der Waals surface area contributed by atoms with E-state index in [0.29, 0.717) is 18.7 Å². The average Bonchev–Trinajstić information content (AvgIpc) is 3.05. The van der Waals surface area contributed by atoms with Gasteiger partial charge in [-0.2, -0.15) is 0 Å². The normalized spacial score (nSPS) is 25.5. The molecule has 1 amide bonds. The Morgan fingerprint density at radius 3 is 3.00 bits per heavy atom. The highest BCUT2D eigenvalue weighted by Gasteiger charge is 2.45. The summed E-state index contributed by atoms with van der Waals surface area (Å²) in [4.78, 5) is 23.1. The molecule has 25 heavy (non-hydrogen) atoms. The van der Waals surface area contributed by atoms with E-state index in [2.05, 4.69) is 9.97 Å². The highest BCUT2D eigenvalue weighted by molar-refractivity contribution is 5.94. The average molecular weight is 339 g/mol. The van der Waals surface area contributed by atoms with Crippen LogP contribution in [0.25, 0.3) is 0 Å². The number of hydrogen-bond donors (Lipinski definition) is 0. The number of morpholine rings is 1. The molecule has 2 aromatic rings. The number of amides is 1. The molecule has 2 aromatic heterocycles. The van der Waals surface area contributed by atoms with Gasteiger partial charge in [0.15, 0.2) is 0 Å². The van der Waals surface area contributed by atoms with Gasteiger partial charge in [-0.25, -0.2) is 0 Å². The van der Waals surface area contributed by atoms with Crippen LogP contribution in [0.2, 0.25) is 0 Å². The summed E-state index contributed by atoms with van der Waals surface area (Å²) in [5.41, 5.74) is 1.62. The van der Waals surface area contributed by atoms with Gasteiger partial charge in [0.2, 0.25) is 0 Å². The minimum absolute atomic E-state index is 0.0246. The summed E-state index contributed by atoms with van der Waals surface area (Å²) >= 11 is 0. The van der Waals surface area contributed by atoms with Crippen molar-refractivity contribution in [3.05, 3.63) is 54.1 Å². The van der Waals surface area contributed by atoms with E-state index in [1.165, 1.54) is 0 Å². The lowest BCUT2D eigenvalue weighted by molar-refractivity contribution is -0.0786. The number of fused-ring (bicyclic) bond motifs is 1. The van der Waals surface area contributed by atoms with Crippen LogP contribution in [0.5, 0.6) is 5.75 Å². The van der Waals surface area contributed by atoms with Crippen molar-refractivity contribution < 1.29 is 14.3 Å². The number of aromatic nitrogens is 2. The highest BCUT2D eigenvalue weighted by Crippen LogP contribution is 2.33. The molecule has 3 heterocycles. The Hall–Kier alpha value is -2.47. The van der Waals surface area contributed by atoms with Gasteiger partial charge in [-0.15, -0.1) is 0 Å². The molecule has 0 bridgehead atoms. The molecule has 0 unspecified atom stereocenters. The summed E-state index contributed by atoms with van der Waals surface area (Å²) < 4.78 is 12.0. The van der Waals surface area contributed by atoms with E-state index in [4.69, 9.17) is 9.47 Å². The van der Waals surface area contributed by atoms with Gasteiger partial charge in [0.25, 0.3) is 5.91 Å². The standard InChI is InChI=1S/C19H21N3O3/c1-13-9-14(11-21-10-13)19(23)22-7-8-24-18-16(22)4-5-17(18)25-15-3-2-6-20-12-15/h2-3,6,9-12,16-18H,4-5,7-8H2,1H3/t16-,17+,18-/m1/s1. The van der Waals surface area contributed by atoms with E-state index in [-0.39, 0.29) is 24.2 Å². The smallest absolute Gasteiger partial charge is 0.255 e. The van der Waals surface area contributed by atoms with Gasteiger partial charge in [0.05, 0.1) is 24.4 Å². The molecule has 1 aliphatic carbocycles. The predicted molar refractivity (Wildman–Crippen MR) is 91.4 cm³/mol. The van der Waals surface area contributed by atoms with Crippen molar-refractivity contribution in [2.24, 2.45) is 0 Å². The molecular weight excluding hydrogens is 318 g/mol. The second kappa shape index (κ2) is 6.80. The molecule has 0 aromatic carbocycles. The molecule has 3 atom stereocenters. The van der Waals surface area contributed by atoms with Gasteiger partial charge in [-0.3, -0.25) is 14.8 Å². The van der Waals surface area contributed by atoms with Gasteiger partial charge in [0.1, 0.15) is 18.0 Å². The lowest BCUT2D eigenvalue weighted by Crippen LogP contribution is -2.54. The second-order valence-corrected chi connectivity index (χ2v) is 6.57. The summed E-state index contributed by atoms with van der Waals surface area (Å²) in [7, 11) is 0. The zero-order valence-electron chi connectivity index (χ0n) is 14.2. The van der Waals surface area contributed by atoms with Crippen molar-refractivity contribution in [1.29, 1.82) is 0 Å². The fourth-order valence-electron chi connectivity index (χ4n) is 3.72. The first-order valence-corrected chi connectivity index (χ1v) is 8.63. The Kier molecular flexibility index (Phi) is 4.36. The van der Waals surface area contributed by atoms with Crippen LogP contribution in [0.4, 0.5) is 0 Å². The first kappa shape index (κ1) is 16.0. The lowest BCUT2D eigenvalue weighted by Gasteiger charge is -2.39. The van der Waals surface area contributed by atoms with Crippen molar-refractivity contribution in [2.75, 3.05) is 13.2 Å². The van der Waals surface area contributed by atoms with E-state index in [0.717, 1.165) is 24.2 Å². The number of hydrogen-bond acceptors (Lipinski definition) is 5. The number of aryl methyl sites for hydroxylation is 1. The van der Waals surface area contributed by atoms with Crippen LogP contribution >= 0.6 is 0 Å². The summed E-state index contributed by atoms with van der Waals surface area (Å²) in [5, 5.41) is 0. The maximum absolute atomic E-state index is 12.9. The molecule has 1 saturated heterocycles. The van der Waals surface area contributed by atoms with E-state index < -0.39 is 0 Å². The summed E-state index contributed by atoms with van der Waals surface area (Å²) in [6.07, 6.45) is 8.40. The van der Waals surface area contributed by atoms with Gasteiger partial charge in [-0.05, 0) is 43.5 Å². The molecule has 0 N–H and O–H groups in total. The molecule has 2 fully saturated rings. The SMILES string of the molecule is Cc1cncc(C(=O)N2CCO[C@H]3[C@@H](Oc4cccnc4)CC[C@H]32)c1. The molecule has 1 aliphatic heterocycles. The summed E-state index contributed by atoms with van der Waals surface area (Å²) in [5.74, 6) is 0.764. The van der Waals surface area contributed by atoms with E-state index in [1.54, 1.807) is 24.8 Å². The van der Waals surface area contributed by atoms with Crippen LogP contribution in [0.3, 0.4) is 0 Å². The molecule has 0 radical (unpaired) electrons. The van der Waals surface area contributed by atoms with E-state index in [9.17, 15) is 4.79 Å². The van der Waals surface area contributed by atoms with Crippen molar-refractivity contribution in [2.45, 2.75) is 38.0 Å². The predicted octanol–water partition coefficient (Wildman–Crippen LogP) is 2.24. The molecule has 1 saturated carbocycles. The van der Waals surface area contributed by atoms with Crippen molar-refractivity contribution in [3.63, 3.8) is 0 Å². The zero-order valence-corrected chi connectivity index (χ0v) is 14.2. The molecule has 2 aliphatic rings. The maximum atomic E-state index is 12.9. The van der Waals surface area contributed by atoms with Gasteiger partial charge in [-0.1, -0.05) is 0 Å². The van der Waals surface area contributed by atoms with Crippen molar-refractivity contribution in [1.82, 2.24) is 14.9 Å². The minimum atomic E-state index is -0.101. The molecular formula is C19H21N3O3. The molecule has 130 valence electrons. The molecule has 4 rings (SSSR count). The van der Waals surface area contributed by atoms with Crippen LogP contribution in [-0.2, 0) is 4.74 Å². The Labute approximate surface area is 146 Å². The number of pyridine rings is 2. The summed E-state index contributed by atoms with van der Waals surface area (Å²) in [6.45, 7) is 3.08. The van der Waals surface area contributed by atoms with Gasteiger partial charge >= 0.3 is 0 Å². The third-order valence-electron chi connectivity index (χ3n) is 4.84. The second-order valence-electron chi connectivity index (χ2n) is 6.57. The fourth-order valence-corrected chi connectivity index (χ4v) is 3.72. The maximum Gasteiger partial charge on any atom is 0.255 e. The first-order valence-electron chi connectivity index (χ1n) is 8.63. The number of ether oxygens (including phenoxy) is 2. The quantitative estimate of drug-likeness (QED) is 0.858. The molecule has 0 spiro atoms. The molecule has 6 heteroatoms. The largest absolute Gasteiger partial charge is 0.486 e. The number of carbonyl (C=O) groups is 1. The Balaban J connectivity index is 1.50. The van der Waals surface area contributed by atoms with Crippen LogP contribution in [0.1, 0.15) is 28.8 Å². The Morgan fingerprint density at radius 1 is 1.28 bits per heavy atom. The third kappa shape index (κ3) is 3.22. The monoisotopic (exact) mass is 339 g/mol. The van der Waals surface area contributed by atoms with Crippen LogP contribution in [-0.4, -0.2) is 52.2 Å². The summed E-state index contributed by atoms with van der Waals surface area (Å²) in [6, 6.07) is 5.68. The fraction of sp³-hybridized carbons (Fsp3) is 0.421. The third-order valence-corrected chi connectivity index (χ3v) is 4.84. The lowest BCUT2D eigenvalue weighted by atomic mass is 10.1. The van der Waals surface area contributed by atoms with Gasteiger partial charge in [0, 0.05) is 25.1 Å². The zero-order chi connectivity index (χ0) is 17.2. The number of carbonyl (C=O) groups excluding carboxylic acids is 1. The Morgan fingerprint density at radius 2 is 2.20 bits per heavy atom. The van der Waals surface area contributed by atoms with Crippen molar-refractivity contribution in [3.8, 4) is 5.75 Å². The van der Waals surface area contributed by atoms with Crippen molar-refractivity contribution >= 4 is 5.91 Å². The minimum Gasteiger partial charge on any atom is -0.486 e. The molecule has 6 nitrogen and oxygen atoms in total. The van der Waals surface area contributed by atoms with Crippen LogP contribution in [0, 0.1) is 6.92 Å². The highest BCUT2D eigenvalue weighted by atomic mass is 16.5. The van der Waals surface area contributed by atoms with Crippen LogP contribution < -0.4 is 4.74 Å². The van der Waals surface area contributed by atoms with E-state index >= 15 is 0 Å². The first-order chi connectivity index (χ1) is 12.2. The topological polar surface area (TPSA) is 64.6 Å². The number of nitrogens with zero attached hydrogens (tertiary/aromatic N) is 3. The number of rotatable bonds is 3.